The molecule has 2 aromatic rings. The Bertz CT molecular complexity index is 702. The van der Waals surface area contributed by atoms with Crippen molar-refractivity contribution in [1.29, 1.82) is 0 Å². The number of alkyl halides is 2. The van der Waals surface area contributed by atoms with Crippen molar-refractivity contribution in [2.75, 3.05) is 10.7 Å². The molecule has 0 fully saturated rings. The first-order valence-corrected chi connectivity index (χ1v) is 9.39. The first-order chi connectivity index (χ1) is 11.1. The van der Waals surface area contributed by atoms with Gasteiger partial charge in [0.25, 0.3) is 0 Å². The zero-order valence-corrected chi connectivity index (χ0v) is 15.9. The topological polar surface area (TPSA) is 47.3 Å². The van der Waals surface area contributed by atoms with E-state index in [1.54, 1.807) is 36.4 Å². The Kier molecular flexibility index (Phi) is 6.39. The van der Waals surface area contributed by atoms with Gasteiger partial charge in [-0.2, -0.15) is 0 Å². The maximum absolute atomic E-state index is 12.4. The van der Waals surface area contributed by atoms with Crippen molar-refractivity contribution in [2.24, 2.45) is 0 Å². The van der Waals surface area contributed by atoms with Crippen LogP contribution in [0, 0.1) is 0 Å². The van der Waals surface area contributed by atoms with E-state index in [1.807, 2.05) is 0 Å². The number of hydrogen-bond donors (Lipinski definition) is 0. The highest BCUT2D eigenvalue weighted by Crippen LogP contribution is 2.31. The van der Waals surface area contributed by atoms with E-state index in [1.165, 1.54) is 17.9 Å². The highest BCUT2D eigenvalue weighted by atomic mass is 79.9. The van der Waals surface area contributed by atoms with Gasteiger partial charge in [0.05, 0.1) is 11.7 Å². The minimum atomic E-state index is -0.780. The van der Waals surface area contributed by atoms with Crippen LogP contribution in [0.4, 0.5) is 0 Å². The van der Waals surface area contributed by atoms with Crippen LogP contribution in [-0.2, 0) is 10.2 Å². The second kappa shape index (κ2) is 8.08. The quantitative estimate of drug-likeness (QED) is 0.337. The van der Waals surface area contributed by atoms with Crippen LogP contribution in [0.5, 0.6) is 0 Å². The van der Waals surface area contributed by atoms with Gasteiger partial charge in [-0.25, -0.2) is 0 Å². The summed E-state index contributed by atoms with van der Waals surface area (Å²) in [7, 11) is 0. The fourth-order valence-electron chi connectivity index (χ4n) is 2.17. The summed E-state index contributed by atoms with van der Waals surface area (Å²) in [5, 5.41) is 0.855. The lowest BCUT2D eigenvalue weighted by Crippen LogP contribution is -2.38. The Morgan fingerprint density at radius 1 is 1.13 bits per heavy atom. The molecule has 2 rings (SSSR count). The summed E-state index contributed by atoms with van der Waals surface area (Å²) in [6.45, 7) is 0. The van der Waals surface area contributed by atoms with Gasteiger partial charge in [0.1, 0.15) is 0 Å². The number of carbonyl (C=O) groups is 2. The molecule has 0 radical (unpaired) electrons. The predicted molar refractivity (Wildman–Crippen MR) is 97.8 cm³/mol. The third-order valence-electron chi connectivity index (χ3n) is 3.59. The first-order valence-electron chi connectivity index (χ1n) is 6.71. The van der Waals surface area contributed by atoms with Gasteiger partial charge in [-0.15, -0.1) is 0 Å². The lowest BCUT2D eigenvalue weighted by molar-refractivity contribution is -0.118. The van der Waals surface area contributed by atoms with Gasteiger partial charge >= 0.3 is 0 Å². The van der Waals surface area contributed by atoms with Crippen molar-refractivity contribution in [3.8, 4) is 0 Å². The normalized spacial score (nSPS) is 11.8. The molecule has 0 aliphatic rings. The van der Waals surface area contributed by atoms with Crippen molar-refractivity contribution < 1.29 is 14.0 Å². The molecule has 0 N–H and O–H groups in total. The lowest BCUT2D eigenvalue weighted by atomic mass is 9.80. The predicted octanol–water partition coefficient (Wildman–Crippen LogP) is 4.86. The molecule has 0 aliphatic carbocycles. The standard InChI is InChI=1S/C17H13Br2ClO3/c18-10-17(11-19,15(21)7-8-20)13-5-3-12(4-6-13)16(22)14-2-1-9-23-14/h1-9H,10-11H2/b8-7+. The number of benzene rings is 1. The summed E-state index contributed by atoms with van der Waals surface area (Å²) >= 11 is 12.4. The zero-order chi connectivity index (χ0) is 16.9. The fourth-order valence-corrected chi connectivity index (χ4v) is 4.41. The molecule has 0 atom stereocenters. The van der Waals surface area contributed by atoms with E-state index in [9.17, 15) is 9.59 Å². The summed E-state index contributed by atoms with van der Waals surface area (Å²) in [6.07, 6.45) is 2.80. The van der Waals surface area contributed by atoms with E-state index in [0.29, 0.717) is 16.2 Å². The highest BCUT2D eigenvalue weighted by molar-refractivity contribution is 9.09. The number of furan rings is 1. The van der Waals surface area contributed by atoms with E-state index in [2.05, 4.69) is 31.9 Å². The second-order valence-corrected chi connectivity index (χ2v) is 6.26. The van der Waals surface area contributed by atoms with Crippen molar-refractivity contribution >= 4 is 55.0 Å². The smallest absolute Gasteiger partial charge is 0.228 e. The fraction of sp³-hybridized carbons (Fsp3) is 0.176. The lowest BCUT2D eigenvalue weighted by Gasteiger charge is -2.27. The molecule has 0 spiro atoms. The molecule has 3 nitrogen and oxygen atoms in total. The number of rotatable bonds is 7. The van der Waals surface area contributed by atoms with Crippen LogP contribution in [-0.4, -0.2) is 22.2 Å². The second-order valence-electron chi connectivity index (χ2n) is 4.89. The van der Waals surface area contributed by atoms with Crippen LogP contribution in [0.1, 0.15) is 21.7 Å². The number of allylic oxidation sites excluding steroid dienone is 1. The van der Waals surface area contributed by atoms with Crippen LogP contribution < -0.4 is 0 Å². The average molecular weight is 461 g/mol. The van der Waals surface area contributed by atoms with Crippen LogP contribution in [0.3, 0.4) is 0 Å². The number of carbonyl (C=O) groups excluding carboxylic acids is 2. The van der Waals surface area contributed by atoms with E-state index in [0.717, 1.165) is 5.56 Å². The van der Waals surface area contributed by atoms with Crippen molar-refractivity contribution in [3.63, 3.8) is 0 Å². The molecule has 0 amide bonds. The Labute approximate surface area is 156 Å². The first kappa shape index (κ1) is 18.2. The van der Waals surface area contributed by atoms with Gasteiger partial charge in [-0.05, 0) is 23.8 Å². The minimum absolute atomic E-state index is 0.119. The number of hydrogen-bond acceptors (Lipinski definition) is 3. The van der Waals surface area contributed by atoms with Gasteiger partial charge in [0.15, 0.2) is 11.5 Å². The summed E-state index contributed by atoms with van der Waals surface area (Å²) in [4.78, 5) is 24.7. The van der Waals surface area contributed by atoms with Gasteiger partial charge in [-0.1, -0.05) is 67.7 Å². The summed E-state index contributed by atoms with van der Waals surface area (Å²) < 4.78 is 5.12. The highest BCUT2D eigenvalue weighted by Gasteiger charge is 2.36. The molecule has 0 bridgehead atoms. The average Bonchev–Trinajstić information content (AvgIpc) is 3.11. The third-order valence-corrected chi connectivity index (χ3v) is 5.63. The molecular formula is C17H13Br2ClO3. The maximum atomic E-state index is 12.4. The number of halogens is 3. The van der Waals surface area contributed by atoms with E-state index in [-0.39, 0.29) is 17.3 Å². The van der Waals surface area contributed by atoms with Gasteiger partial charge in [0, 0.05) is 21.8 Å². The van der Waals surface area contributed by atoms with Gasteiger partial charge in [-0.3, -0.25) is 9.59 Å². The monoisotopic (exact) mass is 458 g/mol. The van der Waals surface area contributed by atoms with Crippen LogP contribution in [0.25, 0.3) is 0 Å². The summed E-state index contributed by atoms with van der Waals surface area (Å²) in [5.74, 6) is -0.0330. The molecule has 1 aromatic carbocycles. The Hall–Kier alpha value is -1.17. The Balaban J connectivity index is 2.36. The summed E-state index contributed by atoms with van der Waals surface area (Å²) in [6, 6.07) is 10.2. The van der Waals surface area contributed by atoms with Gasteiger partial charge < -0.3 is 4.42 Å². The van der Waals surface area contributed by atoms with Crippen LogP contribution in [0.15, 0.2) is 58.7 Å². The minimum Gasteiger partial charge on any atom is -0.461 e. The Morgan fingerprint density at radius 3 is 2.26 bits per heavy atom. The molecule has 120 valence electrons. The van der Waals surface area contributed by atoms with Crippen molar-refractivity contribution in [3.05, 3.63) is 71.2 Å². The molecular weight excluding hydrogens is 447 g/mol. The van der Waals surface area contributed by atoms with Crippen molar-refractivity contribution in [2.45, 2.75) is 5.41 Å². The molecule has 0 saturated carbocycles. The summed E-state index contributed by atoms with van der Waals surface area (Å²) in [5.41, 5.74) is 1.72. The molecule has 23 heavy (non-hydrogen) atoms. The third kappa shape index (κ3) is 3.67. The molecule has 0 saturated heterocycles. The molecule has 0 aliphatic heterocycles. The van der Waals surface area contributed by atoms with Gasteiger partial charge in [0.2, 0.25) is 5.78 Å². The van der Waals surface area contributed by atoms with E-state index >= 15 is 0 Å². The molecule has 1 aromatic heterocycles. The van der Waals surface area contributed by atoms with Crippen LogP contribution >= 0.6 is 43.5 Å². The SMILES string of the molecule is O=C(c1ccc(C(CBr)(CBr)C(=O)/C=C/Cl)cc1)c1ccco1. The largest absolute Gasteiger partial charge is 0.461 e. The maximum Gasteiger partial charge on any atom is 0.228 e. The Morgan fingerprint density at radius 2 is 1.78 bits per heavy atom. The molecule has 1 heterocycles. The van der Waals surface area contributed by atoms with E-state index in [4.69, 9.17) is 16.0 Å². The molecule has 6 heteroatoms. The zero-order valence-electron chi connectivity index (χ0n) is 12.0. The number of ketones is 2. The molecule has 0 unspecified atom stereocenters. The van der Waals surface area contributed by atoms with Crippen LogP contribution in [0.2, 0.25) is 0 Å². The van der Waals surface area contributed by atoms with E-state index < -0.39 is 5.41 Å². The van der Waals surface area contributed by atoms with Crippen molar-refractivity contribution in [1.82, 2.24) is 0 Å².